The Morgan fingerprint density at radius 3 is 2.44 bits per heavy atom. The van der Waals surface area contributed by atoms with Crippen LogP contribution in [0.3, 0.4) is 0 Å². The Hall–Kier alpha value is -3.09. The summed E-state index contributed by atoms with van der Waals surface area (Å²) in [6, 6.07) is 14.4. The van der Waals surface area contributed by atoms with Crippen LogP contribution < -0.4 is 10.7 Å². The van der Waals surface area contributed by atoms with Gasteiger partial charge in [0.2, 0.25) is 0 Å². The molecule has 0 saturated heterocycles. The lowest BCUT2D eigenvalue weighted by Gasteiger charge is -2.08. The highest BCUT2D eigenvalue weighted by Gasteiger charge is 2.11. The van der Waals surface area contributed by atoms with Crippen LogP contribution in [0.2, 0.25) is 10.0 Å². The maximum absolute atomic E-state index is 12.3. The molecule has 1 heterocycles. The van der Waals surface area contributed by atoms with Crippen LogP contribution in [0.1, 0.15) is 26.5 Å². The SMILES string of the molecule is O=C(N/N=C\c1ccco1)c1ccc(NC(=O)c2ccc(Cl)cc2Cl)cc1. The van der Waals surface area contributed by atoms with Crippen molar-refractivity contribution in [3.8, 4) is 0 Å². The van der Waals surface area contributed by atoms with Crippen molar-refractivity contribution in [3.05, 3.63) is 87.8 Å². The van der Waals surface area contributed by atoms with E-state index in [0.717, 1.165) is 0 Å². The highest BCUT2D eigenvalue weighted by molar-refractivity contribution is 6.37. The second-order valence-corrected chi connectivity index (χ2v) is 6.21. The summed E-state index contributed by atoms with van der Waals surface area (Å²) in [4.78, 5) is 24.3. The minimum Gasteiger partial charge on any atom is -0.463 e. The molecule has 3 rings (SSSR count). The molecule has 136 valence electrons. The molecule has 8 heteroatoms. The first-order chi connectivity index (χ1) is 13.0. The molecule has 2 amide bonds. The molecule has 6 nitrogen and oxygen atoms in total. The third-order valence-corrected chi connectivity index (χ3v) is 4.03. The highest BCUT2D eigenvalue weighted by Crippen LogP contribution is 2.22. The molecule has 0 radical (unpaired) electrons. The lowest BCUT2D eigenvalue weighted by molar-refractivity contribution is 0.0954. The number of furan rings is 1. The average Bonchev–Trinajstić information content (AvgIpc) is 3.15. The number of hydrogen-bond donors (Lipinski definition) is 2. The normalized spacial score (nSPS) is 10.7. The maximum atomic E-state index is 12.3. The standard InChI is InChI=1S/C19H13Cl2N3O3/c20-13-5-8-16(17(21)10-13)19(26)23-14-6-3-12(4-7-14)18(25)24-22-11-15-2-1-9-27-15/h1-11H,(H,23,26)(H,24,25)/b22-11-. The van der Waals surface area contributed by atoms with Gasteiger partial charge in [-0.2, -0.15) is 5.10 Å². The summed E-state index contributed by atoms with van der Waals surface area (Å²) in [5.41, 5.74) is 3.59. The fourth-order valence-corrected chi connectivity index (χ4v) is 2.66. The molecule has 0 atom stereocenters. The van der Waals surface area contributed by atoms with Crippen LogP contribution in [0.15, 0.2) is 70.4 Å². The van der Waals surface area contributed by atoms with E-state index < -0.39 is 5.91 Å². The molecular weight excluding hydrogens is 389 g/mol. The largest absolute Gasteiger partial charge is 0.463 e. The number of hydrazone groups is 1. The van der Waals surface area contributed by atoms with Gasteiger partial charge < -0.3 is 9.73 Å². The number of amides is 2. The fourth-order valence-electron chi connectivity index (χ4n) is 2.16. The Bertz CT molecular complexity index is 984. The number of nitrogens with one attached hydrogen (secondary N) is 2. The van der Waals surface area contributed by atoms with Gasteiger partial charge in [-0.15, -0.1) is 0 Å². The molecule has 3 aromatic rings. The molecule has 0 aliphatic carbocycles. The van der Waals surface area contributed by atoms with Crippen molar-refractivity contribution < 1.29 is 14.0 Å². The number of rotatable bonds is 5. The molecule has 1 aromatic heterocycles. The average molecular weight is 402 g/mol. The van der Waals surface area contributed by atoms with Crippen molar-refractivity contribution in [1.82, 2.24) is 5.43 Å². The van der Waals surface area contributed by atoms with Crippen molar-refractivity contribution in [2.75, 3.05) is 5.32 Å². The number of carbonyl (C=O) groups is 2. The van der Waals surface area contributed by atoms with Gasteiger partial charge in [-0.1, -0.05) is 23.2 Å². The van der Waals surface area contributed by atoms with Gasteiger partial charge in [0.05, 0.1) is 23.1 Å². The van der Waals surface area contributed by atoms with Crippen LogP contribution >= 0.6 is 23.2 Å². The van der Waals surface area contributed by atoms with E-state index in [1.807, 2.05) is 0 Å². The number of benzene rings is 2. The molecule has 2 N–H and O–H groups in total. The molecule has 0 saturated carbocycles. The third kappa shape index (κ3) is 4.97. The summed E-state index contributed by atoms with van der Waals surface area (Å²) >= 11 is 11.8. The second-order valence-electron chi connectivity index (χ2n) is 5.37. The molecule has 0 aliphatic rings. The van der Waals surface area contributed by atoms with E-state index >= 15 is 0 Å². The zero-order valence-corrected chi connectivity index (χ0v) is 15.3. The Balaban J connectivity index is 1.61. The van der Waals surface area contributed by atoms with Crippen LogP contribution in [0.25, 0.3) is 0 Å². The van der Waals surface area contributed by atoms with Crippen LogP contribution in [0.5, 0.6) is 0 Å². The van der Waals surface area contributed by atoms with Crippen LogP contribution in [0.4, 0.5) is 5.69 Å². The van der Waals surface area contributed by atoms with Gasteiger partial charge >= 0.3 is 0 Å². The Morgan fingerprint density at radius 1 is 1.00 bits per heavy atom. The first-order valence-corrected chi connectivity index (χ1v) is 8.52. The molecular formula is C19H13Cl2N3O3. The molecule has 2 aromatic carbocycles. The van der Waals surface area contributed by atoms with E-state index in [1.54, 1.807) is 48.5 Å². The summed E-state index contributed by atoms with van der Waals surface area (Å²) in [6.45, 7) is 0. The maximum Gasteiger partial charge on any atom is 0.271 e. The molecule has 27 heavy (non-hydrogen) atoms. The van der Waals surface area contributed by atoms with Crippen molar-refractivity contribution in [2.24, 2.45) is 5.10 Å². The van der Waals surface area contributed by atoms with Crippen LogP contribution in [0, 0.1) is 0 Å². The third-order valence-electron chi connectivity index (χ3n) is 3.48. The van der Waals surface area contributed by atoms with Gasteiger partial charge in [0.1, 0.15) is 5.76 Å². The predicted octanol–water partition coefficient (Wildman–Crippen LogP) is 4.60. The Morgan fingerprint density at radius 2 is 1.78 bits per heavy atom. The predicted molar refractivity (Wildman–Crippen MR) is 105 cm³/mol. The van der Waals surface area contributed by atoms with E-state index in [0.29, 0.717) is 27.6 Å². The van der Waals surface area contributed by atoms with Crippen molar-refractivity contribution in [1.29, 1.82) is 0 Å². The fraction of sp³-hybridized carbons (Fsp3) is 0. The zero-order valence-electron chi connectivity index (χ0n) is 13.8. The van der Waals surface area contributed by atoms with Gasteiger partial charge in [-0.05, 0) is 54.6 Å². The topological polar surface area (TPSA) is 83.7 Å². The zero-order chi connectivity index (χ0) is 19.2. The lowest BCUT2D eigenvalue weighted by Crippen LogP contribution is -2.17. The van der Waals surface area contributed by atoms with Gasteiger partial charge in [0, 0.05) is 16.3 Å². The van der Waals surface area contributed by atoms with Gasteiger partial charge in [0.25, 0.3) is 11.8 Å². The summed E-state index contributed by atoms with van der Waals surface area (Å²) in [6.07, 6.45) is 2.90. The van der Waals surface area contributed by atoms with Gasteiger partial charge in [-0.3, -0.25) is 9.59 Å². The highest BCUT2D eigenvalue weighted by atomic mass is 35.5. The van der Waals surface area contributed by atoms with Crippen molar-refractivity contribution >= 4 is 46.9 Å². The Kier molecular flexibility index (Phi) is 5.90. The summed E-state index contributed by atoms with van der Waals surface area (Å²) in [7, 11) is 0. The van der Waals surface area contributed by atoms with Crippen molar-refractivity contribution in [3.63, 3.8) is 0 Å². The summed E-state index contributed by atoms with van der Waals surface area (Å²) < 4.78 is 5.07. The van der Waals surface area contributed by atoms with Crippen molar-refractivity contribution in [2.45, 2.75) is 0 Å². The molecule has 0 aliphatic heterocycles. The molecule has 0 fully saturated rings. The number of carbonyl (C=O) groups excluding carboxylic acids is 2. The molecule has 0 bridgehead atoms. The van der Waals surface area contributed by atoms with E-state index in [9.17, 15) is 9.59 Å². The Labute approximate surface area is 164 Å². The number of halogens is 2. The minimum absolute atomic E-state index is 0.255. The van der Waals surface area contributed by atoms with Crippen LogP contribution in [-0.2, 0) is 0 Å². The first-order valence-electron chi connectivity index (χ1n) is 7.76. The van der Waals surface area contributed by atoms with Gasteiger partial charge in [0.15, 0.2) is 0 Å². The lowest BCUT2D eigenvalue weighted by atomic mass is 10.1. The summed E-state index contributed by atoms with van der Waals surface area (Å²) in [5.74, 6) is -0.248. The number of hydrogen-bond acceptors (Lipinski definition) is 4. The summed E-state index contributed by atoms with van der Waals surface area (Å²) in [5, 5.41) is 7.21. The smallest absolute Gasteiger partial charge is 0.271 e. The van der Waals surface area contributed by atoms with E-state index in [-0.39, 0.29) is 10.9 Å². The second kappa shape index (κ2) is 8.53. The van der Waals surface area contributed by atoms with Gasteiger partial charge in [-0.25, -0.2) is 5.43 Å². The quantitative estimate of drug-likeness (QED) is 0.483. The van der Waals surface area contributed by atoms with E-state index in [4.69, 9.17) is 27.6 Å². The monoisotopic (exact) mass is 401 g/mol. The van der Waals surface area contributed by atoms with E-state index in [1.165, 1.54) is 18.5 Å². The van der Waals surface area contributed by atoms with Crippen LogP contribution in [-0.4, -0.2) is 18.0 Å². The molecule has 0 unspecified atom stereocenters. The minimum atomic E-state index is -0.392. The molecule has 0 spiro atoms. The number of nitrogens with zero attached hydrogens (tertiary/aromatic N) is 1. The number of anilines is 1. The first kappa shape index (κ1) is 18.7. The van der Waals surface area contributed by atoms with E-state index in [2.05, 4.69) is 15.8 Å².